The maximum absolute atomic E-state index is 12.0. The number of fused-ring (bicyclic) bond motifs is 1. The predicted octanol–water partition coefficient (Wildman–Crippen LogP) is 4.10. The lowest BCUT2D eigenvalue weighted by Gasteiger charge is -2.19. The van der Waals surface area contributed by atoms with Gasteiger partial charge in [-0.1, -0.05) is 19.4 Å². The topological polar surface area (TPSA) is 106 Å². The number of anilines is 1. The number of benzene rings is 2. The van der Waals surface area contributed by atoms with E-state index in [2.05, 4.69) is 10.6 Å². The number of aryl methyl sites for hydroxylation is 1. The van der Waals surface area contributed by atoms with Gasteiger partial charge in [-0.15, -0.1) is 0 Å². The van der Waals surface area contributed by atoms with Gasteiger partial charge < -0.3 is 30.0 Å². The summed E-state index contributed by atoms with van der Waals surface area (Å²) in [6.07, 6.45) is 0.294. The summed E-state index contributed by atoms with van der Waals surface area (Å²) in [5, 5.41) is 15.3. The van der Waals surface area contributed by atoms with Gasteiger partial charge in [-0.05, 0) is 56.2 Å². The Hall–Kier alpha value is -3.42. The molecule has 2 amide bonds. The molecule has 30 heavy (non-hydrogen) atoms. The monoisotopic (exact) mass is 414 g/mol. The van der Waals surface area contributed by atoms with Crippen LogP contribution in [0.15, 0.2) is 36.4 Å². The van der Waals surface area contributed by atoms with Crippen LogP contribution in [-0.4, -0.2) is 29.9 Å². The molecule has 3 N–H and O–H groups in total. The first-order valence-electron chi connectivity index (χ1n) is 9.86. The van der Waals surface area contributed by atoms with E-state index < -0.39 is 12.1 Å². The number of urea groups is 1. The Morgan fingerprint density at radius 1 is 1.13 bits per heavy atom. The molecule has 0 aliphatic carbocycles. The fourth-order valence-electron chi connectivity index (χ4n) is 3.13. The highest BCUT2D eigenvalue weighted by Crippen LogP contribution is 2.36. The molecule has 0 aromatic heterocycles. The van der Waals surface area contributed by atoms with Crippen LogP contribution in [0.5, 0.6) is 17.2 Å². The molecular weight excluding hydrogens is 388 g/mol. The van der Waals surface area contributed by atoms with Crippen LogP contribution in [0.25, 0.3) is 0 Å². The molecule has 0 fully saturated rings. The van der Waals surface area contributed by atoms with Crippen molar-refractivity contribution < 1.29 is 28.9 Å². The minimum atomic E-state index is -1.21. The number of rotatable bonds is 8. The minimum Gasteiger partial charge on any atom is -0.478 e. The Labute approximate surface area is 175 Å². The molecule has 8 heteroatoms. The van der Waals surface area contributed by atoms with E-state index in [0.717, 1.165) is 12.0 Å². The van der Waals surface area contributed by atoms with Crippen LogP contribution in [-0.2, 0) is 11.2 Å². The van der Waals surface area contributed by atoms with E-state index in [4.69, 9.17) is 14.2 Å². The molecule has 1 atom stereocenters. The van der Waals surface area contributed by atoms with E-state index in [1.54, 1.807) is 36.4 Å². The van der Waals surface area contributed by atoms with E-state index in [9.17, 15) is 14.7 Å². The summed E-state index contributed by atoms with van der Waals surface area (Å²) in [5.74, 6) is 0.406. The van der Waals surface area contributed by atoms with Gasteiger partial charge in [-0.2, -0.15) is 0 Å². The number of hydrogen-bond donors (Lipinski definition) is 3. The summed E-state index contributed by atoms with van der Waals surface area (Å²) in [6.45, 7) is 5.88. The second-order valence-electron chi connectivity index (χ2n) is 7.27. The molecule has 0 radical (unpaired) electrons. The molecule has 3 rings (SSSR count). The fraction of sp³-hybridized carbons (Fsp3) is 0.364. The van der Waals surface area contributed by atoms with E-state index in [-0.39, 0.29) is 18.9 Å². The molecule has 1 unspecified atom stereocenters. The number of carbonyl (C=O) groups excluding carboxylic acids is 1. The maximum atomic E-state index is 12.0. The number of amides is 2. The lowest BCUT2D eigenvalue weighted by atomic mass is 10.1. The number of carboxylic acid groups (broad SMARTS) is 1. The van der Waals surface area contributed by atoms with Crippen LogP contribution in [0.4, 0.5) is 10.5 Å². The Balaban J connectivity index is 1.83. The summed E-state index contributed by atoms with van der Waals surface area (Å²) >= 11 is 0. The fourth-order valence-corrected chi connectivity index (χ4v) is 3.13. The number of aliphatic carboxylic acids is 1. The summed E-state index contributed by atoms with van der Waals surface area (Å²) in [4.78, 5) is 23.9. The van der Waals surface area contributed by atoms with Crippen molar-refractivity contribution >= 4 is 17.7 Å². The van der Waals surface area contributed by atoms with Crippen LogP contribution in [0.2, 0.25) is 0 Å². The number of carbonyl (C=O) groups is 2. The van der Waals surface area contributed by atoms with E-state index in [1.807, 2.05) is 20.8 Å². The molecule has 0 bridgehead atoms. The second-order valence-corrected chi connectivity index (χ2v) is 7.27. The van der Waals surface area contributed by atoms with Crippen molar-refractivity contribution in [2.24, 2.45) is 0 Å². The molecule has 160 valence electrons. The van der Waals surface area contributed by atoms with Gasteiger partial charge in [0.2, 0.25) is 12.9 Å². The number of ether oxygens (including phenoxy) is 3. The SMILES string of the molecule is CCCc1cc(NC(=O)NC(C)C)ccc1OC(C(=O)O)c1ccc2c(c1)OCO2. The van der Waals surface area contributed by atoms with Crippen LogP contribution >= 0.6 is 0 Å². The molecule has 0 saturated carbocycles. The lowest BCUT2D eigenvalue weighted by Crippen LogP contribution is -2.34. The Bertz CT molecular complexity index is 928. The van der Waals surface area contributed by atoms with Crippen molar-refractivity contribution in [1.29, 1.82) is 0 Å². The molecule has 2 aromatic carbocycles. The third-order valence-electron chi connectivity index (χ3n) is 4.43. The molecule has 8 nitrogen and oxygen atoms in total. The van der Waals surface area contributed by atoms with Crippen molar-refractivity contribution in [2.45, 2.75) is 45.8 Å². The molecule has 2 aromatic rings. The summed E-state index contributed by atoms with van der Waals surface area (Å²) in [7, 11) is 0. The van der Waals surface area contributed by atoms with E-state index >= 15 is 0 Å². The molecule has 0 spiro atoms. The van der Waals surface area contributed by atoms with Crippen molar-refractivity contribution in [2.75, 3.05) is 12.1 Å². The van der Waals surface area contributed by atoms with Gasteiger partial charge in [-0.3, -0.25) is 0 Å². The summed E-state index contributed by atoms with van der Waals surface area (Å²) in [6, 6.07) is 9.82. The molecule has 1 aliphatic heterocycles. The molecule has 0 saturated heterocycles. The van der Waals surface area contributed by atoms with Crippen molar-refractivity contribution in [3.8, 4) is 17.2 Å². The largest absolute Gasteiger partial charge is 0.478 e. The van der Waals surface area contributed by atoms with Gasteiger partial charge >= 0.3 is 12.0 Å². The van der Waals surface area contributed by atoms with Gasteiger partial charge in [0, 0.05) is 17.3 Å². The first-order chi connectivity index (χ1) is 14.4. The van der Waals surface area contributed by atoms with Crippen molar-refractivity contribution in [3.05, 3.63) is 47.5 Å². The average molecular weight is 414 g/mol. The molecule has 1 heterocycles. The second kappa shape index (κ2) is 9.39. The zero-order chi connectivity index (χ0) is 21.7. The Morgan fingerprint density at radius 3 is 2.60 bits per heavy atom. The van der Waals surface area contributed by atoms with Gasteiger partial charge in [0.25, 0.3) is 0 Å². The zero-order valence-electron chi connectivity index (χ0n) is 17.2. The van der Waals surface area contributed by atoms with Crippen molar-refractivity contribution in [3.63, 3.8) is 0 Å². The van der Waals surface area contributed by atoms with Gasteiger partial charge in [0.1, 0.15) is 5.75 Å². The quantitative estimate of drug-likeness (QED) is 0.600. The van der Waals surface area contributed by atoms with Crippen molar-refractivity contribution in [1.82, 2.24) is 5.32 Å². The number of nitrogens with one attached hydrogen (secondary N) is 2. The first kappa shape index (κ1) is 21.3. The van der Waals surface area contributed by atoms with Crippen LogP contribution in [0.3, 0.4) is 0 Å². The third kappa shape index (κ3) is 5.14. The van der Waals surface area contributed by atoms with Crippen LogP contribution < -0.4 is 24.8 Å². The first-order valence-corrected chi connectivity index (χ1v) is 9.86. The van der Waals surface area contributed by atoms with E-state index in [1.165, 1.54) is 0 Å². The van der Waals surface area contributed by atoms with Gasteiger partial charge in [0.15, 0.2) is 11.5 Å². The normalized spacial score (nSPS) is 13.1. The van der Waals surface area contributed by atoms with Crippen LogP contribution in [0.1, 0.15) is 44.4 Å². The Kier molecular flexibility index (Phi) is 6.66. The molecule has 1 aliphatic rings. The average Bonchev–Trinajstić information content (AvgIpc) is 3.14. The van der Waals surface area contributed by atoms with Crippen LogP contribution in [0, 0.1) is 0 Å². The van der Waals surface area contributed by atoms with Gasteiger partial charge in [0.05, 0.1) is 0 Å². The Morgan fingerprint density at radius 2 is 1.90 bits per heavy atom. The smallest absolute Gasteiger partial charge is 0.349 e. The third-order valence-corrected chi connectivity index (χ3v) is 4.43. The summed E-state index contributed by atoms with van der Waals surface area (Å²) < 4.78 is 16.5. The predicted molar refractivity (Wildman–Crippen MR) is 111 cm³/mol. The minimum absolute atomic E-state index is 0.0146. The highest BCUT2D eigenvalue weighted by atomic mass is 16.7. The number of carboxylic acids is 1. The lowest BCUT2D eigenvalue weighted by molar-refractivity contribution is -0.145. The zero-order valence-corrected chi connectivity index (χ0v) is 17.2. The van der Waals surface area contributed by atoms with Gasteiger partial charge in [-0.25, -0.2) is 9.59 Å². The maximum Gasteiger partial charge on any atom is 0.349 e. The molecular formula is C22H26N2O6. The standard InChI is InChI=1S/C22H26N2O6/c1-4-5-14-10-16(24-22(27)23-13(2)3)7-9-17(14)30-20(21(25)26)15-6-8-18-19(11-15)29-12-28-18/h6-11,13,20H,4-5,12H2,1-3H3,(H,25,26)(H2,23,24,27). The highest BCUT2D eigenvalue weighted by Gasteiger charge is 2.26. The highest BCUT2D eigenvalue weighted by molar-refractivity contribution is 5.89. The summed E-state index contributed by atoms with van der Waals surface area (Å²) in [5.41, 5.74) is 1.87. The van der Waals surface area contributed by atoms with E-state index in [0.29, 0.717) is 34.9 Å². The number of hydrogen-bond acceptors (Lipinski definition) is 5.